The van der Waals surface area contributed by atoms with Crippen molar-refractivity contribution in [1.82, 2.24) is 5.06 Å². The third-order valence-corrected chi connectivity index (χ3v) is 3.06. The van der Waals surface area contributed by atoms with Crippen LogP contribution in [0.15, 0.2) is 35.3 Å². The van der Waals surface area contributed by atoms with E-state index in [0.29, 0.717) is 6.02 Å². The molecule has 0 spiro atoms. The molecule has 1 atom stereocenters. The highest BCUT2D eigenvalue weighted by Gasteiger charge is 2.47. The summed E-state index contributed by atoms with van der Waals surface area (Å²) in [5.74, 6) is -0.849. The van der Waals surface area contributed by atoms with E-state index in [9.17, 15) is 0 Å². The molecular formula is C17H26N2O2. The highest BCUT2D eigenvalue weighted by Crippen LogP contribution is 2.38. The molecule has 0 saturated carbocycles. The number of hydrogen-bond donors (Lipinski definition) is 0. The lowest BCUT2D eigenvalue weighted by atomic mass is 10.1. The molecule has 0 amide bonds. The predicted molar refractivity (Wildman–Crippen MR) is 84.7 cm³/mol. The smallest absolute Gasteiger partial charge is 0.316 e. The van der Waals surface area contributed by atoms with Crippen molar-refractivity contribution < 1.29 is 9.57 Å². The Bertz CT molecular complexity index is 526. The minimum absolute atomic E-state index is 0.232. The molecule has 0 aromatic heterocycles. The Morgan fingerprint density at radius 3 is 2.05 bits per heavy atom. The maximum absolute atomic E-state index is 6.14. The summed E-state index contributed by atoms with van der Waals surface area (Å²) in [6.45, 7) is 14.3. The standard InChI is InChI=1S/C17H26N2O2/c1-15(2,3)18-14-19(16(4,5)6)21-17(7,20-14)13-11-9-8-10-12-13/h8-12H,1-7H3. The number of nitrogens with zero attached hydrogens (tertiary/aromatic N) is 2. The van der Waals surface area contributed by atoms with Crippen molar-refractivity contribution in [2.45, 2.75) is 65.3 Å². The molecular weight excluding hydrogens is 264 g/mol. The Kier molecular flexibility index (Phi) is 3.79. The summed E-state index contributed by atoms with van der Waals surface area (Å²) in [5, 5.41) is 1.77. The molecule has 1 unspecified atom stereocenters. The zero-order valence-corrected chi connectivity index (χ0v) is 14.1. The van der Waals surface area contributed by atoms with Crippen LogP contribution in [-0.4, -0.2) is 22.2 Å². The first kappa shape index (κ1) is 15.8. The maximum Gasteiger partial charge on any atom is 0.316 e. The fourth-order valence-corrected chi connectivity index (χ4v) is 2.08. The van der Waals surface area contributed by atoms with Crippen molar-refractivity contribution in [1.29, 1.82) is 0 Å². The molecule has 1 fully saturated rings. The number of aliphatic imine (C=N–C) groups is 1. The minimum Gasteiger partial charge on any atom is -0.425 e. The second kappa shape index (κ2) is 5.02. The van der Waals surface area contributed by atoms with Crippen LogP contribution in [0.1, 0.15) is 54.0 Å². The first-order valence-electron chi connectivity index (χ1n) is 7.35. The van der Waals surface area contributed by atoms with Gasteiger partial charge in [-0.25, -0.2) is 9.83 Å². The van der Waals surface area contributed by atoms with E-state index < -0.39 is 5.79 Å². The number of rotatable bonds is 1. The summed E-state index contributed by atoms with van der Waals surface area (Å²) < 4.78 is 6.10. The zero-order valence-electron chi connectivity index (χ0n) is 14.1. The van der Waals surface area contributed by atoms with Gasteiger partial charge in [0.05, 0.1) is 11.1 Å². The topological polar surface area (TPSA) is 34.1 Å². The van der Waals surface area contributed by atoms with Gasteiger partial charge < -0.3 is 4.74 Å². The fourth-order valence-electron chi connectivity index (χ4n) is 2.08. The van der Waals surface area contributed by atoms with Crippen molar-refractivity contribution in [3.05, 3.63) is 35.9 Å². The maximum atomic E-state index is 6.14. The second-order valence-corrected chi connectivity index (χ2v) is 7.54. The lowest BCUT2D eigenvalue weighted by Gasteiger charge is -2.31. The highest BCUT2D eigenvalue weighted by atomic mass is 16.9. The van der Waals surface area contributed by atoms with Crippen LogP contribution in [0.4, 0.5) is 0 Å². The third-order valence-electron chi connectivity index (χ3n) is 3.06. The van der Waals surface area contributed by atoms with Crippen molar-refractivity contribution in [2.24, 2.45) is 4.99 Å². The Balaban J connectivity index is 2.41. The van der Waals surface area contributed by atoms with Crippen LogP contribution in [0.5, 0.6) is 0 Å². The largest absolute Gasteiger partial charge is 0.425 e. The third kappa shape index (κ3) is 3.56. The van der Waals surface area contributed by atoms with Crippen LogP contribution in [0.25, 0.3) is 0 Å². The molecule has 21 heavy (non-hydrogen) atoms. The molecule has 4 heteroatoms. The van der Waals surface area contributed by atoms with Gasteiger partial charge in [-0.2, -0.15) is 5.06 Å². The molecule has 1 aliphatic rings. The van der Waals surface area contributed by atoms with Crippen LogP contribution < -0.4 is 0 Å². The van der Waals surface area contributed by atoms with Gasteiger partial charge in [-0.3, -0.25) is 0 Å². The Labute approximate surface area is 127 Å². The van der Waals surface area contributed by atoms with Crippen LogP contribution in [-0.2, 0) is 15.4 Å². The summed E-state index contributed by atoms with van der Waals surface area (Å²) in [7, 11) is 0. The van der Waals surface area contributed by atoms with Gasteiger partial charge in [0.1, 0.15) is 0 Å². The molecule has 1 heterocycles. The lowest BCUT2D eigenvalue weighted by Crippen LogP contribution is -2.43. The first-order valence-corrected chi connectivity index (χ1v) is 7.35. The quantitative estimate of drug-likeness (QED) is 0.781. The van der Waals surface area contributed by atoms with E-state index in [0.717, 1.165) is 5.56 Å². The Morgan fingerprint density at radius 2 is 1.57 bits per heavy atom. The molecule has 0 N–H and O–H groups in total. The number of ether oxygens (including phenoxy) is 1. The van der Waals surface area contributed by atoms with Gasteiger partial charge in [0, 0.05) is 12.5 Å². The molecule has 0 aliphatic carbocycles. The van der Waals surface area contributed by atoms with Crippen molar-refractivity contribution in [2.75, 3.05) is 0 Å². The number of hydrogen-bond acceptors (Lipinski definition) is 3. The fraction of sp³-hybridized carbons (Fsp3) is 0.588. The molecule has 1 aliphatic heterocycles. The normalized spacial score (nSPS) is 25.3. The van der Waals surface area contributed by atoms with E-state index >= 15 is 0 Å². The van der Waals surface area contributed by atoms with E-state index in [1.165, 1.54) is 0 Å². The lowest BCUT2D eigenvalue weighted by molar-refractivity contribution is -0.255. The number of amidine groups is 1. The summed E-state index contributed by atoms with van der Waals surface area (Å²) in [6.07, 6.45) is 0. The van der Waals surface area contributed by atoms with Gasteiger partial charge in [-0.1, -0.05) is 30.3 Å². The molecule has 0 radical (unpaired) electrons. The van der Waals surface area contributed by atoms with Crippen molar-refractivity contribution in [3.8, 4) is 0 Å². The SMILES string of the molecule is CC(C)(C)N=C1OC(C)(c2ccccc2)ON1C(C)(C)C. The highest BCUT2D eigenvalue weighted by molar-refractivity contribution is 5.76. The second-order valence-electron chi connectivity index (χ2n) is 7.54. The van der Waals surface area contributed by atoms with Crippen LogP contribution >= 0.6 is 0 Å². The average Bonchev–Trinajstić information content (AvgIpc) is 2.66. The van der Waals surface area contributed by atoms with Gasteiger partial charge in [0.2, 0.25) is 0 Å². The van der Waals surface area contributed by atoms with Crippen LogP contribution in [0, 0.1) is 0 Å². The van der Waals surface area contributed by atoms with E-state index in [1.807, 2.05) is 58.0 Å². The van der Waals surface area contributed by atoms with E-state index in [-0.39, 0.29) is 11.1 Å². The molecule has 1 aromatic carbocycles. The summed E-state index contributed by atoms with van der Waals surface area (Å²) in [6, 6.07) is 10.5. The molecule has 116 valence electrons. The Hall–Kier alpha value is -1.55. The van der Waals surface area contributed by atoms with Crippen LogP contribution in [0.2, 0.25) is 0 Å². The summed E-state index contributed by atoms with van der Waals surface area (Å²) in [5.41, 5.74) is 0.499. The summed E-state index contributed by atoms with van der Waals surface area (Å²) >= 11 is 0. The molecule has 4 nitrogen and oxygen atoms in total. The van der Waals surface area contributed by atoms with E-state index in [2.05, 4.69) is 25.8 Å². The number of benzene rings is 1. The van der Waals surface area contributed by atoms with E-state index in [1.54, 1.807) is 5.06 Å². The summed E-state index contributed by atoms with van der Waals surface area (Å²) in [4.78, 5) is 10.8. The molecule has 2 rings (SSSR count). The van der Waals surface area contributed by atoms with Crippen molar-refractivity contribution in [3.63, 3.8) is 0 Å². The number of hydroxylamine groups is 2. The van der Waals surface area contributed by atoms with Gasteiger partial charge in [-0.15, -0.1) is 0 Å². The van der Waals surface area contributed by atoms with Crippen LogP contribution in [0.3, 0.4) is 0 Å². The van der Waals surface area contributed by atoms with Gasteiger partial charge in [-0.05, 0) is 41.5 Å². The van der Waals surface area contributed by atoms with Gasteiger partial charge in [0.25, 0.3) is 5.79 Å². The average molecular weight is 290 g/mol. The van der Waals surface area contributed by atoms with Gasteiger partial charge >= 0.3 is 6.02 Å². The van der Waals surface area contributed by atoms with Crippen molar-refractivity contribution >= 4 is 6.02 Å². The monoisotopic (exact) mass is 290 g/mol. The zero-order chi connectivity index (χ0) is 15.9. The van der Waals surface area contributed by atoms with Gasteiger partial charge in [0.15, 0.2) is 0 Å². The minimum atomic E-state index is -0.849. The molecule has 1 saturated heterocycles. The first-order chi connectivity index (χ1) is 9.51. The Morgan fingerprint density at radius 1 is 1.00 bits per heavy atom. The predicted octanol–water partition coefficient (Wildman–Crippen LogP) is 4.08. The molecule has 0 bridgehead atoms. The molecule has 1 aromatic rings. The van der Waals surface area contributed by atoms with E-state index in [4.69, 9.17) is 9.57 Å².